The minimum atomic E-state index is 0.480. The summed E-state index contributed by atoms with van der Waals surface area (Å²) in [4.78, 5) is 4.44. The molecule has 1 aromatic heterocycles. The molecule has 1 unspecified atom stereocenters. The summed E-state index contributed by atoms with van der Waals surface area (Å²) in [5.41, 5.74) is 0.958. The average Bonchev–Trinajstić information content (AvgIpc) is 3.32. The van der Waals surface area contributed by atoms with Crippen LogP contribution in [0.25, 0.3) is 10.9 Å². The number of ether oxygens (including phenoxy) is 1. The molecule has 1 saturated carbocycles. The van der Waals surface area contributed by atoms with Crippen LogP contribution in [0.5, 0.6) is 5.75 Å². The number of hydrogen-bond donors (Lipinski definition) is 1. The lowest BCUT2D eigenvalue weighted by atomic mass is 10.2. The highest BCUT2D eigenvalue weighted by Gasteiger charge is 2.31. The van der Waals surface area contributed by atoms with E-state index in [2.05, 4.69) is 29.4 Å². The van der Waals surface area contributed by atoms with Gasteiger partial charge in [-0.25, -0.2) is 0 Å². The Morgan fingerprint density at radius 2 is 2.15 bits per heavy atom. The predicted molar refractivity (Wildman–Crippen MR) is 82.0 cm³/mol. The SMILES string of the molecule is CCCNC(COc1cccc2cccnc12)C1CC1. The quantitative estimate of drug-likeness (QED) is 0.837. The summed E-state index contributed by atoms with van der Waals surface area (Å²) in [6.07, 6.45) is 5.65. The molecule has 1 atom stereocenters. The molecule has 0 bridgehead atoms. The van der Waals surface area contributed by atoms with Gasteiger partial charge in [0.15, 0.2) is 0 Å². The van der Waals surface area contributed by atoms with E-state index in [9.17, 15) is 0 Å². The zero-order valence-corrected chi connectivity index (χ0v) is 12.0. The normalized spacial score (nSPS) is 16.2. The highest BCUT2D eigenvalue weighted by Crippen LogP contribution is 2.33. The minimum Gasteiger partial charge on any atom is -0.490 e. The van der Waals surface area contributed by atoms with Gasteiger partial charge in [0, 0.05) is 17.6 Å². The lowest BCUT2D eigenvalue weighted by Crippen LogP contribution is -2.37. The molecular weight excluding hydrogens is 248 g/mol. The Kier molecular flexibility index (Phi) is 4.16. The lowest BCUT2D eigenvalue weighted by Gasteiger charge is -2.19. The third kappa shape index (κ3) is 3.10. The van der Waals surface area contributed by atoms with Crippen LogP contribution in [-0.2, 0) is 0 Å². The standard InChI is InChI=1S/C17H22N2O/c1-2-10-18-15(13-8-9-13)12-20-16-7-3-5-14-6-4-11-19-17(14)16/h3-7,11,13,15,18H,2,8-10,12H2,1H3. The molecule has 2 aromatic rings. The molecule has 1 aromatic carbocycles. The van der Waals surface area contributed by atoms with Crippen molar-refractivity contribution < 1.29 is 4.74 Å². The van der Waals surface area contributed by atoms with Crippen molar-refractivity contribution >= 4 is 10.9 Å². The first-order valence-electron chi connectivity index (χ1n) is 7.58. The van der Waals surface area contributed by atoms with Crippen molar-refractivity contribution in [2.75, 3.05) is 13.2 Å². The highest BCUT2D eigenvalue weighted by molar-refractivity contribution is 5.84. The summed E-state index contributed by atoms with van der Waals surface area (Å²) in [5.74, 6) is 1.69. The second-order valence-corrected chi connectivity index (χ2v) is 5.54. The molecule has 1 fully saturated rings. The van der Waals surface area contributed by atoms with Crippen LogP contribution in [0.2, 0.25) is 0 Å². The van der Waals surface area contributed by atoms with E-state index in [0.29, 0.717) is 6.04 Å². The van der Waals surface area contributed by atoms with Gasteiger partial charge in [0.25, 0.3) is 0 Å². The van der Waals surface area contributed by atoms with Gasteiger partial charge in [-0.3, -0.25) is 4.98 Å². The number of rotatable bonds is 7. The molecule has 106 valence electrons. The molecule has 20 heavy (non-hydrogen) atoms. The molecule has 1 aliphatic carbocycles. The Bertz CT molecular complexity index is 560. The maximum absolute atomic E-state index is 6.05. The van der Waals surface area contributed by atoms with Crippen molar-refractivity contribution in [3.05, 3.63) is 36.5 Å². The number of para-hydroxylation sites is 1. The van der Waals surface area contributed by atoms with Gasteiger partial charge in [-0.1, -0.05) is 25.1 Å². The fourth-order valence-electron chi connectivity index (χ4n) is 2.56. The van der Waals surface area contributed by atoms with Crippen molar-refractivity contribution in [1.29, 1.82) is 0 Å². The van der Waals surface area contributed by atoms with Gasteiger partial charge < -0.3 is 10.1 Å². The molecule has 3 heteroatoms. The van der Waals surface area contributed by atoms with E-state index in [-0.39, 0.29) is 0 Å². The Hall–Kier alpha value is -1.61. The number of nitrogens with one attached hydrogen (secondary N) is 1. The first kappa shape index (κ1) is 13.4. The fraction of sp³-hybridized carbons (Fsp3) is 0.471. The maximum Gasteiger partial charge on any atom is 0.145 e. The zero-order chi connectivity index (χ0) is 13.8. The van der Waals surface area contributed by atoms with E-state index in [1.807, 2.05) is 24.4 Å². The predicted octanol–water partition coefficient (Wildman–Crippen LogP) is 3.39. The van der Waals surface area contributed by atoms with Crippen molar-refractivity contribution in [2.45, 2.75) is 32.2 Å². The number of benzene rings is 1. The van der Waals surface area contributed by atoms with E-state index in [1.54, 1.807) is 0 Å². The molecule has 1 aliphatic rings. The van der Waals surface area contributed by atoms with E-state index in [0.717, 1.165) is 35.7 Å². The highest BCUT2D eigenvalue weighted by atomic mass is 16.5. The van der Waals surface area contributed by atoms with Crippen molar-refractivity contribution in [1.82, 2.24) is 10.3 Å². The molecule has 0 radical (unpaired) electrons. The van der Waals surface area contributed by atoms with Gasteiger partial charge in [0.2, 0.25) is 0 Å². The fourth-order valence-corrected chi connectivity index (χ4v) is 2.56. The van der Waals surface area contributed by atoms with Crippen LogP contribution in [0.4, 0.5) is 0 Å². The van der Waals surface area contributed by atoms with Crippen LogP contribution < -0.4 is 10.1 Å². The summed E-state index contributed by atoms with van der Waals surface area (Å²) in [6.45, 7) is 4.01. The maximum atomic E-state index is 6.05. The van der Waals surface area contributed by atoms with E-state index >= 15 is 0 Å². The second kappa shape index (κ2) is 6.23. The van der Waals surface area contributed by atoms with Crippen LogP contribution in [0.3, 0.4) is 0 Å². The minimum absolute atomic E-state index is 0.480. The summed E-state index contributed by atoms with van der Waals surface area (Å²) in [5, 5.41) is 4.74. The number of fused-ring (bicyclic) bond motifs is 1. The number of hydrogen-bond acceptors (Lipinski definition) is 3. The summed E-state index contributed by atoms with van der Waals surface area (Å²) >= 11 is 0. The first-order chi connectivity index (χ1) is 9.88. The molecular formula is C17H22N2O. The molecule has 3 nitrogen and oxygen atoms in total. The van der Waals surface area contributed by atoms with E-state index < -0.39 is 0 Å². The van der Waals surface area contributed by atoms with Crippen molar-refractivity contribution in [2.24, 2.45) is 5.92 Å². The summed E-state index contributed by atoms with van der Waals surface area (Å²) in [7, 11) is 0. The van der Waals surface area contributed by atoms with Gasteiger partial charge in [0.05, 0.1) is 0 Å². The Labute approximate surface area is 120 Å². The monoisotopic (exact) mass is 270 g/mol. The number of pyridine rings is 1. The van der Waals surface area contributed by atoms with E-state index in [4.69, 9.17) is 4.74 Å². The van der Waals surface area contributed by atoms with Crippen LogP contribution in [0, 0.1) is 5.92 Å². The van der Waals surface area contributed by atoms with Crippen LogP contribution in [0.1, 0.15) is 26.2 Å². The van der Waals surface area contributed by atoms with Crippen LogP contribution >= 0.6 is 0 Å². The third-order valence-corrected chi connectivity index (χ3v) is 3.86. The molecule has 0 spiro atoms. The van der Waals surface area contributed by atoms with Gasteiger partial charge in [-0.05, 0) is 43.9 Å². The molecule has 1 N–H and O–H groups in total. The molecule has 0 amide bonds. The molecule has 3 rings (SSSR count). The molecule has 0 aliphatic heterocycles. The largest absolute Gasteiger partial charge is 0.490 e. The lowest BCUT2D eigenvalue weighted by molar-refractivity contribution is 0.251. The first-order valence-corrected chi connectivity index (χ1v) is 7.58. The average molecular weight is 270 g/mol. The van der Waals surface area contributed by atoms with Crippen molar-refractivity contribution in [3.63, 3.8) is 0 Å². The van der Waals surface area contributed by atoms with Crippen LogP contribution in [-0.4, -0.2) is 24.2 Å². The molecule has 1 heterocycles. The Balaban J connectivity index is 1.69. The smallest absolute Gasteiger partial charge is 0.145 e. The van der Waals surface area contributed by atoms with Gasteiger partial charge in [0.1, 0.15) is 17.9 Å². The van der Waals surface area contributed by atoms with Crippen molar-refractivity contribution in [3.8, 4) is 5.75 Å². The van der Waals surface area contributed by atoms with Gasteiger partial charge in [-0.2, -0.15) is 0 Å². The second-order valence-electron chi connectivity index (χ2n) is 5.54. The van der Waals surface area contributed by atoms with E-state index in [1.165, 1.54) is 19.3 Å². The molecule has 0 saturated heterocycles. The number of aromatic nitrogens is 1. The van der Waals surface area contributed by atoms with Gasteiger partial charge >= 0.3 is 0 Å². The summed E-state index contributed by atoms with van der Waals surface area (Å²) < 4.78 is 6.05. The third-order valence-electron chi connectivity index (χ3n) is 3.86. The zero-order valence-electron chi connectivity index (χ0n) is 12.0. The Morgan fingerprint density at radius 1 is 1.30 bits per heavy atom. The summed E-state index contributed by atoms with van der Waals surface area (Å²) in [6, 6.07) is 10.6. The topological polar surface area (TPSA) is 34.1 Å². The number of nitrogens with zero attached hydrogens (tertiary/aromatic N) is 1. The van der Waals surface area contributed by atoms with Gasteiger partial charge in [-0.15, -0.1) is 0 Å². The van der Waals surface area contributed by atoms with Crippen LogP contribution in [0.15, 0.2) is 36.5 Å². The Morgan fingerprint density at radius 3 is 2.95 bits per heavy atom.